The van der Waals surface area contributed by atoms with Crippen molar-refractivity contribution in [3.8, 4) is 5.75 Å². The minimum absolute atomic E-state index is 0.00548. The summed E-state index contributed by atoms with van der Waals surface area (Å²) < 4.78 is 11.6. The summed E-state index contributed by atoms with van der Waals surface area (Å²) in [6.45, 7) is 5.22. The predicted octanol–water partition coefficient (Wildman–Crippen LogP) is 3.39. The van der Waals surface area contributed by atoms with Crippen molar-refractivity contribution in [3.05, 3.63) is 28.2 Å². The SMILES string of the molecule is CCOC[C@@H](Oc1cccc(Cl)c1Cl)C1CCNC1. The monoisotopic (exact) mass is 303 g/mol. The first-order valence-electron chi connectivity index (χ1n) is 6.61. The summed E-state index contributed by atoms with van der Waals surface area (Å²) in [5, 5.41) is 4.33. The number of hydrogen-bond acceptors (Lipinski definition) is 3. The maximum atomic E-state index is 6.16. The van der Waals surface area contributed by atoms with Crippen molar-refractivity contribution in [2.75, 3.05) is 26.3 Å². The molecule has 1 heterocycles. The Hall–Kier alpha value is -0.480. The normalized spacial score (nSPS) is 20.5. The Morgan fingerprint density at radius 2 is 2.26 bits per heavy atom. The van der Waals surface area contributed by atoms with E-state index in [1.807, 2.05) is 19.1 Å². The lowest BCUT2D eigenvalue weighted by Crippen LogP contribution is -2.33. The summed E-state index contributed by atoms with van der Waals surface area (Å²) in [5.74, 6) is 1.08. The zero-order chi connectivity index (χ0) is 13.7. The topological polar surface area (TPSA) is 30.5 Å². The van der Waals surface area contributed by atoms with Gasteiger partial charge in [-0.05, 0) is 32.0 Å². The summed E-state index contributed by atoms with van der Waals surface area (Å²) >= 11 is 12.2. The van der Waals surface area contributed by atoms with Gasteiger partial charge >= 0.3 is 0 Å². The van der Waals surface area contributed by atoms with E-state index in [0.717, 1.165) is 19.5 Å². The van der Waals surface area contributed by atoms with Crippen molar-refractivity contribution in [2.24, 2.45) is 5.92 Å². The first-order chi connectivity index (χ1) is 9.22. The van der Waals surface area contributed by atoms with E-state index in [4.69, 9.17) is 32.7 Å². The number of ether oxygens (including phenoxy) is 2. The molecule has 0 saturated carbocycles. The lowest BCUT2D eigenvalue weighted by Gasteiger charge is -2.24. The molecule has 1 aliphatic heterocycles. The van der Waals surface area contributed by atoms with Gasteiger partial charge in [0.15, 0.2) is 0 Å². The second-order valence-electron chi connectivity index (χ2n) is 4.62. The highest BCUT2D eigenvalue weighted by atomic mass is 35.5. The molecule has 1 aromatic rings. The summed E-state index contributed by atoms with van der Waals surface area (Å²) in [6.07, 6.45) is 1.10. The maximum absolute atomic E-state index is 6.16. The van der Waals surface area contributed by atoms with Gasteiger partial charge in [-0.1, -0.05) is 29.3 Å². The lowest BCUT2D eigenvalue weighted by atomic mass is 10.0. The van der Waals surface area contributed by atoms with E-state index < -0.39 is 0 Å². The van der Waals surface area contributed by atoms with Crippen molar-refractivity contribution in [1.82, 2.24) is 5.32 Å². The molecule has 19 heavy (non-hydrogen) atoms. The summed E-state index contributed by atoms with van der Waals surface area (Å²) in [7, 11) is 0. The van der Waals surface area contributed by atoms with Gasteiger partial charge < -0.3 is 14.8 Å². The molecule has 0 aromatic heterocycles. The van der Waals surface area contributed by atoms with E-state index in [1.165, 1.54) is 0 Å². The van der Waals surface area contributed by atoms with Crippen LogP contribution in [-0.2, 0) is 4.74 Å². The van der Waals surface area contributed by atoms with Gasteiger partial charge in [0.05, 0.1) is 11.6 Å². The first kappa shape index (κ1) is 14.9. The number of nitrogens with one attached hydrogen (secondary N) is 1. The fraction of sp³-hybridized carbons (Fsp3) is 0.571. The zero-order valence-corrected chi connectivity index (χ0v) is 12.5. The highest BCUT2D eigenvalue weighted by Crippen LogP contribution is 2.33. The van der Waals surface area contributed by atoms with Crippen LogP contribution >= 0.6 is 23.2 Å². The van der Waals surface area contributed by atoms with E-state index in [9.17, 15) is 0 Å². The maximum Gasteiger partial charge on any atom is 0.139 e. The fourth-order valence-electron chi connectivity index (χ4n) is 2.23. The lowest BCUT2D eigenvalue weighted by molar-refractivity contribution is 0.0292. The Morgan fingerprint density at radius 1 is 1.42 bits per heavy atom. The standard InChI is InChI=1S/C14H19Cl2NO2/c1-2-18-9-13(10-6-7-17-8-10)19-12-5-3-4-11(15)14(12)16/h3-5,10,13,17H,2,6-9H2,1H3/t10?,13-/m1/s1. The number of benzene rings is 1. The van der Waals surface area contributed by atoms with Crippen molar-refractivity contribution in [3.63, 3.8) is 0 Å². The largest absolute Gasteiger partial charge is 0.486 e. The Morgan fingerprint density at radius 3 is 2.95 bits per heavy atom. The fourth-order valence-corrected chi connectivity index (χ4v) is 2.57. The second kappa shape index (κ2) is 7.34. The third kappa shape index (κ3) is 3.99. The molecular weight excluding hydrogens is 285 g/mol. The minimum atomic E-state index is 0.00548. The van der Waals surface area contributed by atoms with Crippen molar-refractivity contribution in [2.45, 2.75) is 19.4 Å². The van der Waals surface area contributed by atoms with Crippen LogP contribution in [0.1, 0.15) is 13.3 Å². The molecule has 5 heteroatoms. The zero-order valence-electron chi connectivity index (χ0n) is 11.0. The molecule has 3 nitrogen and oxygen atoms in total. The second-order valence-corrected chi connectivity index (χ2v) is 5.41. The van der Waals surface area contributed by atoms with Crippen molar-refractivity contribution >= 4 is 23.2 Å². The average molecular weight is 304 g/mol. The van der Waals surface area contributed by atoms with Crippen LogP contribution in [0.2, 0.25) is 10.0 Å². The molecular formula is C14H19Cl2NO2. The highest BCUT2D eigenvalue weighted by molar-refractivity contribution is 6.42. The van der Waals surface area contributed by atoms with Crippen molar-refractivity contribution in [1.29, 1.82) is 0 Å². The molecule has 1 unspecified atom stereocenters. The molecule has 106 valence electrons. The Kier molecular flexibility index (Phi) is 5.76. The van der Waals surface area contributed by atoms with Gasteiger partial charge in [-0.2, -0.15) is 0 Å². The Labute approximate surface area is 124 Å². The minimum Gasteiger partial charge on any atom is -0.486 e. The van der Waals surface area contributed by atoms with Crippen LogP contribution in [0.25, 0.3) is 0 Å². The van der Waals surface area contributed by atoms with Gasteiger partial charge in [-0.3, -0.25) is 0 Å². The van der Waals surface area contributed by atoms with Crippen LogP contribution in [0, 0.1) is 5.92 Å². The van der Waals surface area contributed by atoms with Gasteiger partial charge in [0.1, 0.15) is 16.9 Å². The van der Waals surface area contributed by atoms with E-state index >= 15 is 0 Å². The quantitative estimate of drug-likeness (QED) is 0.874. The number of halogens is 2. The van der Waals surface area contributed by atoms with Gasteiger partial charge in [0.25, 0.3) is 0 Å². The summed E-state index contributed by atoms with van der Waals surface area (Å²) in [4.78, 5) is 0. The van der Waals surface area contributed by atoms with E-state index in [-0.39, 0.29) is 6.10 Å². The van der Waals surface area contributed by atoms with Crippen LogP contribution < -0.4 is 10.1 Å². The number of rotatable bonds is 6. The van der Waals surface area contributed by atoms with Gasteiger partial charge in [0, 0.05) is 19.1 Å². The molecule has 1 aromatic carbocycles. The van der Waals surface area contributed by atoms with Crippen LogP contribution in [0.4, 0.5) is 0 Å². The molecule has 2 atom stereocenters. The van der Waals surface area contributed by atoms with Crippen LogP contribution in [0.3, 0.4) is 0 Å². The van der Waals surface area contributed by atoms with E-state index in [0.29, 0.717) is 34.9 Å². The molecule has 1 N–H and O–H groups in total. The average Bonchev–Trinajstić information content (AvgIpc) is 2.93. The molecule has 0 amide bonds. The van der Waals surface area contributed by atoms with Gasteiger partial charge in [-0.15, -0.1) is 0 Å². The van der Waals surface area contributed by atoms with E-state index in [1.54, 1.807) is 6.07 Å². The molecule has 0 bridgehead atoms. The molecule has 1 aliphatic rings. The van der Waals surface area contributed by atoms with E-state index in [2.05, 4.69) is 5.32 Å². The molecule has 0 radical (unpaired) electrons. The summed E-state index contributed by atoms with van der Waals surface area (Å²) in [6, 6.07) is 5.44. The Bertz CT molecular complexity index is 408. The molecule has 1 fully saturated rings. The van der Waals surface area contributed by atoms with Crippen LogP contribution in [0.15, 0.2) is 18.2 Å². The summed E-state index contributed by atoms with van der Waals surface area (Å²) in [5.41, 5.74) is 0. The molecule has 0 spiro atoms. The highest BCUT2D eigenvalue weighted by Gasteiger charge is 2.27. The molecule has 2 rings (SSSR count). The first-order valence-corrected chi connectivity index (χ1v) is 7.37. The predicted molar refractivity (Wildman–Crippen MR) is 78.3 cm³/mol. The smallest absolute Gasteiger partial charge is 0.139 e. The Balaban J connectivity index is 2.07. The van der Waals surface area contributed by atoms with Gasteiger partial charge in [0.2, 0.25) is 0 Å². The number of hydrogen-bond donors (Lipinski definition) is 1. The van der Waals surface area contributed by atoms with Crippen molar-refractivity contribution < 1.29 is 9.47 Å². The molecule has 1 saturated heterocycles. The third-order valence-corrected chi connectivity index (χ3v) is 4.11. The third-order valence-electron chi connectivity index (χ3n) is 3.30. The van der Waals surface area contributed by atoms with Crippen LogP contribution in [0.5, 0.6) is 5.75 Å². The van der Waals surface area contributed by atoms with Crippen LogP contribution in [-0.4, -0.2) is 32.4 Å². The molecule has 0 aliphatic carbocycles. The van der Waals surface area contributed by atoms with Gasteiger partial charge in [-0.25, -0.2) is 0 Å².